The fraction of sp³-hybridized carbons (Fsp3) is 0.312. The number of benzene rings is 1. The van der Waals surface area contributed by atoms with Crippen LogP contribution >= 0.6 is 23.1 Å². The molecule has 2 heterocycles. The summed E-state index contributed by atoms with van der Waals surface area (Å²) in [7, 11) is 0. The molecule has 1 atom stereocenters. The van der Waals surface area contributed by atoms with Gasteiger partial charge in [0.1, 0.15) is 0 Å². The summed E-state index contributed by atoms with van der Waals surface area (Å²) in [4.78, 5) is 15.5. The quantitative estimate of drug-likeness (QED) is 0.863. The molecule has 1 aliphatic rings. The number of hydrogen-bond acceptors (Lipinski definition) is 3. The molecule has 0 saturated carbocycles. The molecule has 0 radical (unpaired) electrons. The summed E-state index contributed by atoms with van der Waals surface area (Å²) in [6.45, 7) is 1.71. The van der Waals surface area contributed by atoms with Crippen LogP contribution in [0.5, 0.6) is 0 Å². The highest BCUT2D eigenvalue weighted by Crippen LogP contribution is 2.33. The van der Waals surface area contributed by atoms with Gasteiger partial charge in [-0.05, 0) is 17.0 Å². The maximum atomic E-state index is 12.4. The van der Waals surface area contributed by atoms with Crippen molar-refractivity contribution in [3.63, 3.8) is 0 Å². The Kier molecular flexibility index (Phi) is 4.43. The Bertz CT molecular complexity index is 553. The van der Waals surface area contributed by atoms with Crippen molar-refractivity contribution < 1.29 is 4.79 Å². The molecule has 0 bridgehead atoms. The van der Waals surface area contributed by atoms with Crippen LogP contribution in [-0.4, -0.2) is 29.6 Å². The summed E-state index contributed by atoms with van der Waals surface area (Å²) < 4.78 is 0. The van der Waals surface area contributed by atoms with E-state index in [0.717, 1.165) is 23.7 Å². The average molecular weight is 303 g/mol. The highest BCUT2D eigenvalue weighted by Gasteiger charge is 2.25. The normalized spacial score (nSPS) is 19.0. The van der Waals surface area contributed by atoms with Crippen molar-refractivity contribution in [1.29, 1.82) is 0 Å². The Morgan fingerprint density at radius 1 is 1.20 bits per heavy atom. The Hall–Kier alpha value is -1.26. The van der Waals surface area contributed by atoms with Crippen LogP contribution in [-0.2, 0) is 11.2 Å². The van der Waals surface area contributed by atoms with E-state index in [9.17, 15) is 4.79 Å². The third kappa shape index (κ3) is 3.25. The predicted molar refractivity (Wildman–Crippen MR) is 86.2 cm³/mol. The van der Waals surface area contributed by atoms with Gasteiger partial charge < -0.3 is 4.90 Å². The Labute approximate surface area is 127 Å². The summed E-state index contributed by atoms with van der Waals surface area (Å²) in [5.74, 6) is 1.28. The summed E-state index contributed by atoms with van der Waals surface area (Å²) >= 11 is 3.61. The molecule has 2 nitrogen and oxygen atoms in total. The zero-order valence-electron chi connectivity index (χ0n) is 11.2. The van der Waals surface area contributed by atoms with Crippen molar-refractivity contribution in [3.8, 4) is 0 Å². The number of rotatable bonds is 3. The first-order chi connectivity index (χ1) is 9.83. The van der Waals surface area contributed by atoms with Crippen LogP contribution in [0.1, 0.15) is 15.7 Å². The molecule has 1 fully saturated rings. The molecule has 1 amide bonds. The zero-order valence-corrected chi connectivity index (χ0v) is 12.8. The van der Waals surface area contributed by atoms with Crippen LogP contribution in [0.15, 0.2) is 47.8 Å². The van der Waals surface area contributed by atoms with E-state index < -0.39 is 0 Å². The third-order valence-corrected chi connectivity index (χ3v) is 5.61. The van der Waals surface area contributed by atoms with Crippen LogP contribution in [0.2, 0.25) is 0 Å². The van der Waals surface area contributed by atoms with E-state index in [0.29, 0.717) is 11.7 Å². The van der Waals surface area contributed by atoms with Gasteiger partial charge in [0.05, 0.1) is 6.42 Å². The van der Waals surface area contributed by atoms with E-state index in [2.05, 4.69) is 24.3 Å². The van der Waals surface area contributed by atoms with E-state index in [-0.39, 0.29) is 5.91 Å². The molecule has 0 aliphatic carbocycles. The van der Waals surface area contributed by atoms with Gasteiger partial charge >= 0.3 is 0 Å². The minimum absolute atomic E-state index is 0.258. The second kappa shape index (κ2) is 6.46. The first kappa shape index (κ1) is 13.7. The van der Waals surface area contributed by atoms with Crippen molar-refractivity contribution in [3.05, 3.63) is 58.3 Å². The lowest BCUT2D eigenvalue weighted by atomic mass is 10.1. The lowest BCUT2D eigenvalue weighted by Crippen LogP contribution is -2.39. The fourth-order valence-corrected chi connectivity index (χ4v) is 4.36. The Balaban J connectivity index is 1.64. The van der Waals surface area contributed by atoms with Gasteiger partial charge in [0.25, 0.3) is 0 Å². The molecule has 1 saturated heterocycles. The first-order valence-corrected chi connectivity index (χ1v) is 8.72. The van der Waals surface area contributed by atoms with Gasteiger partial charge in [0.15, 0.2) is 0 Å². The number of carbonyl (C=O) groups excluding carboxylic acids is 1. The van der Waals surface area contributed by atoms with Gasteiger partial charge in [-0.15, -0.1) is 11.3 Å². The van der Waals surface area contributed by atoms with Crippen molar-refractivity contribution in [2.75, 3.05) is 18.8 Å². The molecule has 1 unspecified atom stereocenters. The number of nitrogens with zero attached hydrogens (tertiary/aromatic N) is 1. The van der Waals surface area contributed by atoms with Crippen molar-refractivity contribution in [2.24, 2.45) is 0 Å². The van der Waals surface area contributed by atoms with Gasteiger partial charge in [0.2, 0.25) is 5.91 Å². The maximum Gasteiger partial charge on any atom is 0.227 e. The van der Waals surface area contributed by atoms with Crippen LogP contribution in [0, 0.1) is 0 Å². The minimum Gasteiger partial charge on any atom is -0.340 e. The molecule has 1 aliphatic heterocycles. The zero-order chi connectivity index (χ0) is 13.8. The predicted octanol–water partition coefficient (Wildman–Crippen LogP) is 3.61. The van der Waals surface area contributed by atoms with Crippen LogP contribution in [0.3, 0.4) is 0 Å². The van der Waals surface area contributed by atoms with E-state index in [1.807, 2.05) is 40.2 Å². The molecule has 0 spiro atoms. The topological polar surface area (TPSA) is 20.3 Å². The summed E-state index contributed by atoms with van der Waals surface area (Å²) in [5.41, 5.74) is 1.33. The molecule has 104 valence electrons. The molecule has 2 aromatic rings. The second-order valence-electron chi connectivity index (χ2n) is 4.87. The van der Waals surface area contributed by atoms with Gasteiger partial charge in [-0.1, -0.05) is 36.4 Å². The summed E-state index contributed by atoms with van der Waals surface area (Å²) in [6, 6.07) is 14.5. The van der Waals surface area contributed by atoms with Crippen LogP contribution < -0.4 is 0 Å². The van der Waals surface area contributed by atoms with Crippen molar-refractivity contribution >= 4 is 29.0 Å². The van der Waals surface area contributed by atoms with E-state index >= 15 is 0 Å². The van der Waals surface area contributed by atoms with Crippen LogP contribution in [0.25, 0.3) is 0 Å². The highest BCUT2D eigenvalue weighted by atomic mass is 32.2. The Morgan fingerprint density at radius 2 is 2.05 bits per heavy atom. The summed E-state index contributed by atoms with van der Waals surface area (Å²) in [5, 5.41) is 2.44. The maximum absolute atomic E-state index is 12.4. The molecule has 20 heavy (non-hydrogen) atoms. The number of thiophene rings is 1. The van der Waals surface area contributed by atoms with Gasteiger partial charge in [-0.25, -0.2) is 0 Å². The molecule has 0 N–H and O–H groups in total. The molecule has 4 heteroatoms. The molecule has 1 aromatic heterocycles. The molecular weight excluding hydrogens is 286 g/mol. The smallest absolute Gasteiger partial charge is 0.227 e. The van der Waals surface area contributed by atoms with Gasteiger partial charge in [0, 0.05) is 29.0 Å². The third-order valence-electron chi connectivity index (χ3n) is 3.50. The van der Waals surface area contributed by atoms with E-state index in [4.69, 9.17) is 0 Å². The monoisotopic (exact) mass is 303 g/mol. The van der Waals surface area contributed by atoms with Gasteiger partial charge in [-0.2, -0.15) is 11.8 Å². The molecular formula is C16H17NOS2. The molecule has 3 rings (SSSR count). The lowest BCUT2D eigenvalue weighted by molar-refractivity contribution is -0.130. The fourth-order valence-electron chi connectivity index (χ4n) is 2.42. The Morgan fingerprint density at radius 3 is 2.80 bits per heavy atom. The minimum atomic E-state index is 0.258. The standard InChI is InChI=1S/C16H17NOS2/c18-16(11-14-7-4-9-19-14)17-8-10-20-15(12-17)13-5-2-1-3-6-13/h1-7,9,15H,8,10-12H2. The largest absolute Gasteiger partial charge is 0.340 e. The summed E-state index contributed by atoms with van der Waals surface area (Å²) in [6.07, 6.45) is 0.545. The average Bonchev–Trinajstić information content (AvgIpc) is 3.01. The SMILES string of the molecule is O=C(Cc1cccs1)N1CCSC(c2ccccc2)C1. The highest BCUT2D eigenvalue weighted by molar-refractivity contribution is 7.99. The number of hydrogen-bond donors (Lipinski definition) is 0. The van der Waals surface area contributed by atoms with E-state index in [1.165, 1.54) is 5.56 Å². The number of thioether (sulfide) groups is 1. The van der Waals surface area contributed by atoms with Crippen LogP contribution in [0.4, 0.5) is 0 Å². The van der Waals surface area contributed by atoms with Crippen molar-refractivity contribution in [2.45, 2.75) is 11.7 Å². The first-order valence-electron chi connectivity index (χ1n) is 6.79. The van der Waals surface area contributed by atoms with Crippen molar-refractivity contribution in [1.82, 2.24) is 4.90 Å². The van der Waals surface area contributed by atoms with Gasteiger partial charge in [-0.3, -0.25) is 4.79 Å². The van der Waals surface area contributed by atoms with E-state index in [1.54, 1.807) is 11.3 Å². The number of carbonyl (C=O) groups is 1. The lowest BCUT2D eigenvalue weighted by Gasteiger charge is -2.32. The number of amides is 1. The second-order valence-corrected chi connectivity index (χ2v) is 7.21. The molecule has 1 aromatic carbocycles.